The molecule has 0 bridgehead atoms. The van der Waals surface area contributed by atoms with Gasteiger partial charge < -0.3 is 0 Å². The first-order valence-electron chi connectivity index (χ1n) is 6.02. The van der Waals surface area contributed by atoms with E-state index in [2.05, 4.69) is 64.0 Å². The van der Waals surface area contributed by atoms with Crippen molar-refractivity contribution < 1.29 is 0 Å². The van der Waals surface area contributed by atoms with Crippen LogP contribution in [0.5, 0.6) is 0 Å². The van der Waals surface area contributed by atoms with Gasteiger partial charge in [-0.25, -0.2) is 4.98 Å². The van der Waals surface area contributed by atoms with Crippen LogP contribution in [0.15, 0.2) is 46.3 Å². The molecule has 0 saturated heterocycles. The van der Waals surface area contributed by atoms with E-state index < -0.39 is 0 Å². The fraction of sp³-hybridized carbons (Fsp3) is 0.133. The second kappa shape index (κ2) is 4.94. The highest BCUT2D eigenvalue weighted by atomic mass is 79.9. The maximum atomic E-state index is 4.74. The lowest BCUT2D eigenvalue weighted by Gasteiger charge is -2.04. The van der Waals surface area contributed by atoms with Gasteiger partial charge in [0.25, 0.3) is 0 Å². The van der Waals surface area contributed by atoms with Crippen LogP contribution in [-0.2, 0) is 0 Å². The molecule has 0 amide bonds. The molecule has 0 atom stereocenters. The topological polar surface area (TPSA) is 17.8 Å². The summed E-state index contributed by atoms with van der Waals surface area (Å²) in [5.74, 6) is 0. The van der Waals surface area contributed by atoms with Crippen molar-refractivity contribution in [1.82, 2.24) is 9.55 Å². The minimum Gasteiger partial charge on any atom is -0.295 e. The highest BCUT2D eigenvalue weighted by Crippen LogP contribution is 2.27. The maximum Gasteiger partial charge on any atom is 0.194 e. The van der Waals surface area contributed by atoms with E-state index >= 15 is 0 Å². The minimum atomic E-state index is 1.03. The van der Waals surface area contributed by atoms with Gasteiger partial charge in [-0.3, -0.25) is 4.57 Å². The standard InChI is InChI=1S/C15H13BrN2S/c1-10-3-4-11(2)18(10)15-17-14(9-19-15)12-5-7-13(16)8-6-12/h3-9H,1-2H3. The summed E-state index contributed by atoms with van der Waals surface area (Å²) in [5.41, 5.74) is 4.61. The van der Waals surface area contributed by atoms with E-state index in [0.717, 1.165) is 20.9 Å². The number of benzene rings is 1. The van der Waals surface area contributed by atoms with Crippen molar-refractivity contribution >= 4 is 27.3 Å². The fourth-order valence-electron chi connectivity index (χ4n) is 2.09. The van der Waals surface area contributed by atoms with Crippen molar-refractivity contribution in [2.24, 2.45) is 0 Å². The highest BCUT2D eigenvalue weighted by molar-refractivity contribution is 9.10. The third-order valence-electron chi connectivity index (χ3n) is 3.09. The molecule has 0 radical (unpaired) electrons. The summed E-state index contributed by atoms with van der Waals surface area (Å²) in [5, 5.41) is 3.13. The van der Waals surface area contributed by atoms with E-state index in [-0.39, 0.29) is 0 Å². The molecule has 0 aliphatic rings. The normalized spacial score (nSPS) is 10.9. The Kier molecular flexibility index (Phi) is 3.29. The van der Waals surface area contributed by atoms with Gasteiger partial charge in [-0.05, 0) is 38.1 Å². The molecule has 0 unspecified atom stereocenters. The Balaban J connectivity index is 2.02. The predicted octanol–water partition coefficient (Wildman–Crippen LogP) is 4.98. The fourth-order valence-corrected chi connectivity index (χ4v) is 3.30. The molecule has 3 aromatic rings. The molecule has 0 N–H and O–H groups in total. The van der Waals surface area contributed by atoms with Gasteiger partial charge >= 0.3 is 0 Å². The van der Waals surface area contributed by atoms with Gasteiger partial charge in [0.1, 0.15) is 0 Å². The van der Waals surface area contributed by atoms with Crippen LogP contribution in [0.2, 0.25) is 0 Å². The smallest absolute Gasteiger partial charge is 0.194 e. The molecule has 1 aromatic carbocycles. The Hall–Kier alpha value is -1.39. The highest BCUT2D eigenvalue weighted by Gasteiger charge is 2.09. The third kappa shape index (κ3) is 2.38. The van der Waals surface area contributed by atoms with Gasteiger partial charge in [-0.15, -0.1) is 11.3 Å². The van der Waals surface area contributed by atoms with Crippen molar-refractivity contribution in [2.45, 2.75) is 13.8 Å². The number of thiazole rings is 1. The van der Waals surface area contributed by atoms with Crippen molar-refractivity contribution in [3.8, 4) is 16.4 Å². The summed E-state index contributed by atoms with van der Waals surface area (Å²) < 4.78 is 3.27. The van der Waals surface area contributed by atoms with Crippen LogP contribution in [0, 0.1) is 13.8 Å². The monoisotopic (exact) mass is 332 g/mol. The van der Waals surface area contributed by atoms with Crippen LogP contribution in [0.1, 0.15) is 11.4 Å². The van der Waals surface area contributed by atoms with Gasteiger partial charge in [0.05, 0.1) is 5.69 Å². The molecule has 0 aliphatic heterocycles. The average molecular weight is 333 g/mol. The minimum absolute atomic E-state index is 1.03. The van der Waals surface area contributed by atoms with E-state index in [1.165, 1.54) is 11.4 Å². The summed E-state index contributed by atoms with van der Waals surface area (Å²) >= 11 is 5.13. The van der Waals surface area contributed by atoms with E-state index in [4.69, 9.17) is 4.98 Å². The summed E-state index contributed by atoms with van der Waals surface area (Å²) in [4.78, 5) is 4.74. The molecule has 3 rings (SSSR count). The molecule has 0 saturated carbocycles. The van der Waals surface area contributed by atoms with E-state index in [9.17, 15) is 0 Å². The number of hydrogen-bond donors (Lipinski definition) is 0. The van der Waals surface area contributed by atoms with Gasteiger partial charge in [0.15, 0.2) is 5.13 Å². The molecule has 0 spiro atoms. The summed E-state index contributed by atoms with van der Waals surface area (Å²) in [6.07, 6.45) is 0. The van der Waals surface area contributed by atoms with Crippen LogP contribution >= 0.6 is 27.3 Å². The molecule has 2 nitrogen and oxygen atoms in total. The van der Waals surface area contributed by atoms with E-state index in [1.807, 2.05) is 12.1 Å². The number of aromatic nitrogens is 2. The number of aryl methyl sites for hydroxylation is 2. The van der Waals surface area contributed by atoms with Crippen molar-refractivity contribution in [3.63, 3.8) is 0 Å². The van der Waals surface area contributed by atoms with Crippen molar-refractivity contribution in [2.75, 3.05) is 0 Å². The average Bonchev–Trinajstić information content (AvgIpc) is 2.98. The molecular formula is C15H13BrN2S. The molecule has 0 aliphatic carbocycles. The number of halogens is 1. The molecular weight excluding hydrogens is 320 g/mol. The Labute approximate surface area is 124 Å². The maximum absolute atomic E-state index is 4.74. The lowest BCUT2D eigenvalue weighted by Crippen LogP contribution is -1.97. The zero-order valence-electron chi connectivity index (χ0n) is 10.7. The van der Waals surface area contributed by atoms with Gasteiger partial charge in [0.2, 0.25) is 0 Å². The number of nitrogens with zero attached hydrogens (tertiary/aromatic N) is 2. The van der Waals surface area contributed by atoms with E-state index in [1.54, 1.807) is 11.3 Å². The number of hydrogen-bond acceptors (Lipinski definition) is 2. The molecule has 19 heavy (non-hydrogen) atoms. The summed E-state index contributed by atoms with van der Waals surface area (Å²) in [6.45, 7) is 4.21. The van der Waals surface area contributed by atoms with Gasteiger partial charge in [-0.1, -0.05) is 28.1 Å². The van der Waals surface area contributed by atoms with Gasteiger partial charge in [-0.2, -0.15) is 0 Å². The first kappa shape index (κ1) is 12.6. The number of rotatable bonds is 2. The van der Waals surface area contributed by atoms with Crippen LogP contribution in [0.4, 0.5) is 0 Å². The van der Waals surface area contributed by atoms with E-state index in [0.29, 0.717) is 0 Å². The van der Waals surface area contributed by atoms with Gasteiger partial charge in [0, 0.05) is 26.8 Å². The van der Waals surface area contributed by atoms with Crippen molar-refractivity contribution in [3.05, 3.63) is 57.6 Å². The van der Waals surface area contributed by atoms with Crippen LogP contribution in [0.3, 0.4) is 0 Å². The van der Waals surface area contributed by atoms with Crippen LogP contribution < -0.4 is 0 Å². The zero-order chi connectivity index (χ0) is 13.4. The van der Waals surface area contributed by atoms with Crippen LogP contribution in [-0.4, -0.2) is 9.55 Å². The SMILES string of the molecule is Cc1ccc(C)n1-c1nc(-c2ccc(Br)cc2)cs1. The molecule has 2 aromatic heterocycles. The Bertz CT molecular complexity index is 691. The quantitative estimate of drug-likeness (QED) is 0.647. The predicted molar refractivity (Wildman–Crippen MR) is 84.1 cm³/mol. The molecule has 4 heteroatoms. The Morgan fingerprint density at radius 2 is 1.63 bits per heavy atom. The molecule has 2 heterocycles. The Morgan fingerprint density at radius 3 is 2.26 bits per heavy atom. The molecule has 96 valence electrons. The zero-order valence-corrected chi connectivity index (χ0v) is 13.1. The van der Waals surface area contributed by atoms with Crippen molar-refractivity contribution in [1.29, 1.82) is 0 Å². The Morgan fingerprint density at radius 1 is 1.00 bits per heavy atom. The van der Waals surface area contributed by atoms with Crippen LogP contribution in [0.25, 0.3) is 16.4 Å². The summed E-state index contributed by atoms with van der Waals surface area (Å²) in [7, 11) is 0. The first-order valence-corrected chi connectivity index (χ1v) is 7.69. The second-order valence-corrected chi connectivity index (χ2v) is 6.23. The largest absolute Gasteiger partial charge is 0.295 e. The third-order valence-corrected chi connectivity index (χ3v) is 4.45. The molecule has 0 fully saturated rings. The lowest BCUT2D eigenvalue weighted by atomic mass is 10.2. The summed E-state index contributed by atoms with van der Waals surface area (Å²) in [6, 6.07) is 12.5. The lowest BCUT2D eigenvalue weighted by molar-refractivity contribution is 0.951. The first-order chi connectivity index (χ1) is 9.15. The second-order valence-electron chi connectivity index (χ2n) is 4.47.